The minimum Gasteiger partial charge on any atom is -0.393 e. The smallest absolute Gasteiger partial charge is 0.178 e. The Morgan fingerprint density at radius 2 is 1.09 bits per heavy atom. The number of Topliss-reactive ketones (excluding diaryl/α,β-unsaturated/α-hetero) is 2. The first kappa shape index (κ1) is 33.0. The van der Waals surface area contributed by atoms with Gasteiger partial charge in [0.05, 0.1) is 6.61 Å². The number of hydrogen-bond acceptors (Lipinski definition) is 5. The molecule has 200 valence electrons. The third-order valence-electron chi connectivity index (χ3n) is 6.67. The highest BCUT2D eigenvalue weighted by atomic mass is 16.4. The Kier molecular flexibility index (Phi) is 21.7. The molecule has 0 saturated heterocycles. The summed E-state index contributed by atoms with van der Waals surface area (Å²) in [7, 11) is 0. The molecule has 0 aliphatic heterocycles. The molecule has 2 unspecified atom stereocenters. The highest BCUT2D eigenvalue weighted by Gasteiger charge is 2.45. The predicted molar refractivity (Wildman–Crippen MR) is 141 cm³/mol. The number of hydrogen-bond donors (Lipinski definition) is 3. The Morgan fingerprint density at radius 1 is 0.676 bits per heavy atom. The lowest BCUT2D eigenvalue weighted by Crippen LogP contribution is -2.55. The molecule has 5 heteroatoms. The SMILES string of the molecule is CCCCCCCCC=CCCCCCCCC(=O)C(O)(CO)C(O)C(=O)CCCCCCC. The van der Waals surface area contributed by atoms with Crippen molar-refractivity contribution in [2.45, 2.75) is 154 Å². The number of rotatable bonds is 25. The molecule has 0 fully saturated rings. The lowest BCUT2D eigenvalue weighted by Gasteiger charge is -2.29. The van der Waals surface area contributed by atoms with E-state index in [1.54, 1.807) is 0 Å². The Bertz CT molecular complexity index is 531. The molecule has 0 bridgehead atoms. The molecular formula is C29H54O5. The zero-order chi connectivity index (χ0) is 25.5. The van der Waals surface area contributed by atoms with E-state index in [9.17, 15) is 24.9 Å². The van der Waals surface area contributed by atoms with Gasteiger partial charge in [-0.1, -0.05) is 103 Å². The van der Waals surface area contributed by atoms with Gasteiger partial charge >= 0.3 is 0 Å². The maximum atomic E-state index is 12.5. The van der Waals surface area contributed by atoms with Crippen molar-refractivity contribution >= 4 is 11.6 Å². The van der Waals surface area contributed by atoms with Crippen LogP contribution in [0, 0.1) is 0 Å². The third-order valence-corrected chi connectivity index (χ3v) is 6.67. The van der Waals surface area contributed by atoms with E-state index < -0.39 is 29.9 Å². The molecule has 0 aromatic heterocycles. The maximum Gasteiger partial charge on any atom is 0.178 e. The summed E-state index contributed by atoms with van der Waals surface area (Å²) in [5, 5.41) is 30.3. The quantitative estimate of drug-likeness (QED) is 0.101. The van der Waals surface area contributed by atoms with E-state index in [4.69, 9.17) is 0 Å². The van der Waals surface area contributed by atoms with E-state index in [-0.39, 0.29) is 12.8 Å². The van der Waals surface area contributed by atoms with Crippen molar-refractivity contribution in [2.24, 2.45) is 0 Å². The Balaban J connectivity index is 3.93. The van der Waals surface area contributed by atoms with Crippen LogP contribution in [0.3, 0.4) is 0 Å². The molecule has 34 heavy (non-hydrogen) atoms. The van der Waals surface area contributed by atoms with Gasteiger partial charge in [0.1, 0.15) is 0 Å². The van der Waals surface area contributed by atoms with Crippen molar-refractivity contribution in [3.05, 3.63) is 12.2 Å². The molecule has 0 aromatic carbocycles. The molecule has 0 spiro atoms. The van der Waals surface area contributed by atoms with Gasteiger partial charge in [0.25, 0.3) is 0 Å². The number of ketones is 2. The van der Waals surface area contributed by atoms with Crippen molar-refractivity contribution in [1.29, 1.82) is 0 Å². The Morgan fingerprint density at radius 3 is 1.56 bits per heavy atom. The van der Waals surface area contributed by atoms with Crippen LogP contribution in [0.4, 0.5) is 0 Å². The fourth-order valence-electron chi connectivity index (χ4n) is 4.21. The van der Waals surface area contributed by atoms with Gasteiger partial charge in [-0.05, 0) is 38.5 Å². The summed E-state index contributed by atoms with van der Waals surface area (Å²) in [5.41, 5.74) is -2.37. The van der Waals surface area contributed by atoms with E-state index in [0.29, 0.717) is 12.8 Å². The lowest BCUT2D eigenvalue weighted by atomic mass is 9.85. The van der Waals surface area contributed by atoms with Gasteiger partial charge in [0.15, 0.2) is 23.3 Å². The minimum atomic E-state index is -2.37. The maximum absolute atomic E-state index is 12.5. The van der Waals surface area contributed by atoms with Crippen LogP contribution in [0.5, 0.6) is 0 Å². The van der Waals surface area contributed by atoms with E-state index in [1.807, 2.05) is 0 Å². The summed E-state index contributed by atoms with van der Waals surface area (Å²) in [4.78, 5) is 24.7. The molecule has 5 nitrogen and oxygen atoms in total. The highest BCUT2D eigenvalue weighted by Crippen LogP contribution is 2.20. The number of aliphatic hydroxyl groups is 3. The van der Waals surface area contributed by atoms with Crippen LogP contribution in [0.25, 0.3) is 0 Å². The lowest BCUT2D eigenvalue weighted by molar-refractivity contribution is -0.165. The van der Waals surface area contributed by atoms with Gasteiger partial charge < -0.3 is 15.3 Å². The van der Waals surface area contributed by atoms with Crippen molar-refractivity contribution in [3.8, 4) is 0 Å². The average Bonchev–Trinajstić information content (AvgIpc) is 2.84. The van der Waals surface area contributed by atoms with Crippen LogP contribution in [0.15, 0.2) is 12.2 Å². The van der Waals surface area contributed by atoms with E-state index in [1.165, 1.54) is 44.9 Å². The average molecular weight is 483 g/mol. The number of allylic oxidation sites excluding steroid dienone is 2. The third kappa shape index (κ3) is 15.8. The number of carbonyl (C=O) groups excluding carboxylic acids is 2. The fraction of sp³-hybridized carbons (Fsp3) is 0.862. The zero-order valence-corrected chi connectivity index (χ0v) is 22.2. The standard InChI is InChI=1S/C29H54O5/c1-3-5-7-9-10-11-12-13-14-15-16-17-18-20-22-24-27(32)29(34,25-30)28(33)26(31)23-21-19-8-6-4-2/h13-14,28,30,33-34H,3-12,15-25H2,1-2H3. The molecule has 0 aliphatic rings. The van der Waals surface area contributed by atoms with Crippen LogP contribution in [-0.2, 0) is 9.59 Å². The predicted octanol–water partition coefficient (Wildman–Crippen LogP) is 6.61. The van der Waals surface area contributed by atoms with E-state index in [2.05, 4.69) is 26.0 Å². The van der Waals surface area contributed by atoms with Gasteiger partial charge in [-0.15, -0.1) is 0 Å². The first-order valence-electron chi connectivity index (χ1n) is 14.2. The van der Waals surface area contributed by atoms with Gasteiger partial charge in [-0.2, -0.15) is 0 Å². The molecule has 0 radical (unpaired) electrons. The Labute approximate surface area is 209 Å². The molecule has 0 saturated carbocycles. The van der Waals surface area contributed by atoms with Crippen molar-refractivity contribution < 1.29 is 24.9 Å². The molecule has 0 aliphatic carbocycles. The van der Waals surface area contributed by atoms with Crippen LogP contribution in [0.1, 0.15) is 142 Å². The topological polar surface area (TPSA) is 94.8 Å². The van der Waals surface area contributed by atoms with Crippen LogP contribution in [0.2, 0.25) is 0 Å². The largest absolute Gasteiger partial charge is 0.393 e. The summed E-state index contributed by atoms with van der Waals surface area (Å²) < 4.78 is 0. The second-order valence-corrected chi connectivity index (χ2v) is 9.87. The Hall–Kier alpha value is -1.04. The van der Waals surface area contributed by atoms with Crippen molar-refractivity contribution in [2.75, 3.05) is 6.61 Å². The number of unbranched alkanes of at least 4 members (excludes halogenated alkanes) is 15. The zero-order valence-electron chi connectivity index (χ0n) is 22.2. The number of aliphatic hydroxyl groups excluding tert-OH is 2. The first-order valence-corrected chi connectivity index (χ1v) is 14.2. The van der Waals surface area contributed by atoms with Gasteiger partial charge in [0.2, 0.25) is 0 Å². The first-order chi connectivity index (χ1) is 16.4. The molecule has 0 aromatic rings. The summed E-state index contributed by atoms with van der Waals surface area (Å²) in [6, 6.07) is 0. The number of carbonyl (C=O) groups is 2. The molecule has 3 N–H and O–H groups in total. The normalized spacial score (nSPS) is 14.4. The van der Waals surface area contributed by atoms with Gasteiger partial charge in [-0.25, -0.2) is 0 Å². The molecule has 0 amide bonds. The van der Waals surface area contributed by atoms with Crippen LogP contribution in [-0.4, -0.2) is 45.2 Å². The summed E-state index contributed by atoms with van der Waals surface area (Å²) >= 11 is 0. The van der Waals surface area contributed by atoms with E-state index in [0.717, 1.165) is 57.8 Å². The highest BCUT2D eigenvalue weighted by molar-refractivity contribution is 5.96. The summed E-state index contributed by atoms with van der Waals surface area (Å²) in [5.74, 6) is -1.20. The van der Waals surface area contributed by atoms with Gasteiger partial charge in [-0.3, -0.25) is 9.59 Å². The van der Waals surface area contributed by atoms with Crippen LogP contribution < -0.4 is 0 Å². The van der Waals surface area contributed by atoms with Crippen LogP contribution >= 0.6 is 0 Å². The molecule has 0 rings (SSSR count). The fourth-order valence-corrected chi connectivity index (χ4v) is 4.21. The molecule has 0 heterocycles. The second-order valence-electron chi connectivity index (χ2n) is 9.87. The van der Waals surface area contributed by atoms with Gasteiger partial charge in [0, 0.05) is 12.8 Å². The molecular weight excluding hydrogens is 428 g/mol. The second kappa shape index (κ2) is 22.4. The van der Waals surface area contributed by atoms with Crippen molar-refractivity contribution in [1.82, 2.24) is 0 Å². The monoisotopic (exact) mass is 482 g/mol. The van der Waals surface area contributed by atoms with Crippen molar-refractivity contribution in [3.63, 3.8) is 0 Å². The minimum absolute atomic E-state index is 0.0655. The molecule has 2 atom stereocenters. The summed E-state index contributed by atoms with van der Waals surface area (Å²) in [6.45, 7) is 3.42. The van der Waals surface area contributed by atoms with E-state index >= 15 is 0 Å². The summed E-state index contributed by atoms with van der Waals surface area (Å²) in [6.07, 6.45) is 22.6.